The molecule has 0 bridgehead atoms. The molecule has 0 aromatic rings. The fourth-order valence-electron chi connectivity index (χ4n) is 3.73. The summed E-state index contributed by atoms with van der Waals surface area (Å²) in [5, 5.41) is 0. The first kappa shape index (κ1) is 16.9. The van der Waals surface area contributed by atoms with Crippen molar-refractivity contribution >= 4 is 17.5 Å². The molecule has 6 heteroatoms. The van der Waals surface area contributed by atoms with Crippen LogP contribution in [0, 0.1) is 11.8 Å². The van der Waals surface area contributed by atoms with Crippen LogP contribution in [0.3, 0.4) is 0 Å². The lowest BCUT2D eigenvalue weighted by Gasteiger charge is -2.36. The second kappa shape index (κ2) is 7.21. The molecule has 2 saturated carbocycles. The monoisotopic (exact) mass is 325 g/mol. The molecule has 0 radical (unpaired) electrons. The lowest BCUT2D eigenvalue weighted by atomic mass is 9.80. The van der Waals surface area contributed by atoms with Crippen molar-refractivity contribution in [3.05, 3.63) is 0 Å². The first-order chi connectivity index (χ1) is 9.93. The normalized spacial score (nSPS) is 27.8. The Hall–Kier alpha value is -0.450. The molecule has 0 heterocycles. The van der Waals surface area contributed by atoms with Gasteiger partial charge in [0.05, 0.1) is 5.92 Å². The largest absolute Gasteiger partial charge is 0.391 e. The van der Waals surface area contributed by atoms with E-state index in [1.165, 1.54) is 0 Å². The second-order valence-corrected chi connectivity index (χ2v) is 6.64. The van der Waals surface area contributed by atoms with Gasteiger partial charge in [0.1, 0.15) is 0 Å². The van der Waals surface area contributed by atoms with Gasteiger partial charge in [0.15, 0.2) is 0 Å². The van der Waals surface area contributed by atoms with Gasteiger partial charge in [-0.2, -0.15) is 13.2 Å². The summed E-state index contributed by atoms with van der Waals surface area (Å²) in [6.45, 7) is 0.457. The molecule has 21 heavy (non-hydrogen) atoms. The van der Waals surface area contributed by atoms with Crippen molar-refractivity contribution in [1.29, 1.82) is 0 Å². The average Bonchev–Trinajstić information content (AvgIpc) is 2.97. The minimum absolute atomic E-state index is 0.0478. The summed E-state index contributed by atoms with van der Waals surface area (Å²) in [7, 11) is 0. The van der Waals surface area contributed by atoms with E-state index < -0.39 is 18.0 Å². The van der Waals surface area contributed by atoms with Crippen molar-refractivity contribution < 1.29 is 18.0 Å². The minimum Gasteiger partial charge on any atom is -0.338 e. The average molecular weight is 326 g/mol. The van der Waals surface area contributed by atoms with Gasteiger partial charge in [0.25, 0.3) is 0 Å². The van der Waals surface area contributed by atoms with Crippen molar-refractivity contribution in [2.24, 2.45) is 11.8 Å². The van der Waals surface area contributed by atoms with Gasteiger partial charge in [-0.05, 0) is 32.1 Å². The van der Waals surface area contributed by atoms with Gasteiger partial charge in [0, 0.05) is 24.4 Å². The van der Waals surface area contributed by atoms with Crippen LogP contribution in [-0.4, -0.2) is 35.4 Å². The Morgan fingerprint density at radius 1 is 1.10 bits per heavy atom. The number of nitrogens with zero attached hydrogens (tertiary/aromatic N) is 1. The molecule has 2 unspecified atom stereocenters. The zero-order valence-corrected chi connectivity index (χ0v) is 12.9. The third-order valence-corrected chi connectivity index (χ3v) is 5.03. The van der Waals surface area contributed by atoms with E-state index in [9.17, 15) is 18.0 Å². The highest BCUT2D eigenvalue weighted by Gasteiger charge is 2.44. The second-order valence-electron chi connectivity index (χ2n) is 6.26. The number of alkyl halides is 4. The topological polar surface area (TPSA) is 20.3 Å². The number of carbonyl (C=O) groups is 1. The van der Waals surface area contributed by atoms with Gasteiger partial charge >= 0.3 is 6.18 Å². The standard InChI is InChI=1S/C15H23ClF3NO/c16-8-9-20(13-6-1-2-7-13)14(21)11-4-3-5-12(10-11)15(17,18)19/h11-13H,1-10H2. The quantitative estimate of drug-likeness (QED) is 0.703. The van der Waals surface area contributed by atoms with Crippen molar-refractivity contribution in [1.82, 2.24) is 4.90 Å². The van der Waals surface area contributed by atoms with Crippen LogP contribution in [0.15, 0.2) is 0 Å². The molecule has 0 spiro atoms. The summed E-state index contributed by atoms with van der Waals surface area (Å²) in [6.07, 6.45) is 1.09. The maximum Gasteiger partial charge on any atom is 0.391 e. The van der Waals surface area contributed by atoms with E-state index in [2.05, 4.69) is 0 Å². The van der Waals surface area contributed by atoms with E-state index in [4.69, 9.17) is 11.6 Å². The summed E-state index contributed by atoms with van der Waals surface area (Å²) in [4.78, 5) is 14.4. The molecule has 0 aromatic carbocycles. The third kappa shape index (κ3) is 4.27. The number of amides is 1. The number of halogens is 4. The van der Waals surface area contributed by atoms with Crippen molar-refractivity contribution in [3.8, 4) is 0 Å². The fraction of sp³-hybridized carbons (Fsp3) is 0.933. The van der Waals surface area contributed by atoms with Crippen LogP contribution in [0.1, 0.15) is 51.4 Å². The molecule has 0 saturated heterocycles. The first-order valence-electron chi connectivity index (χ1n) is 7.86. The van der Waals surface area contributed by atoms with Crippen LogP contribution >= 0.6 is 11.6 Å². The zero-order chi connectivity index (χ0) is 15.5. The SMILES string of the molecule is O=C(C1CCCC(C(F)(F)F)C1)N(CCCl)C1CCCC1. The maximum atomic E-state index is 12.9. The molecular formula is C15H23ClF3NO. The number of hydrogen-bond acceptors (Lipinski definition) is 1. The molecule has 2 atom stereocenters. The first-order valence-corrected chi connectivity index (χ1v) is 8.40. The smallest absolute Gasteiger partial charge is 0.338 e. The molecule has 122 valence electrons. The predicted molar refractivity (Wildman–Crippen MR) is 76.2 cm³/mol. The van der Waals surface area contributed by atoms with E-state index in [1.54, 1.807) is 4.90 Å². The van der Waals surface area contributed by atoms with E-state index in [0.717, 1.165) is 25.7 Å². The van der Waals surface area contributed by atoms with Crippen LogP contribution in [0.5, 0.6) is 0 Å². The van der Waals surface area contributed by atoms with Crippen molar-refractivity contribution in [3.63, 3.8) is 0 Å². The summed E-state index contributed by atoms with van der Waals surface area (Å²) < 4.78 is 38.6. The molecule has 1 amide bonds. The Morgan fingerprint density at radius 2 is 1.76 bits per heavy atom. The fourth-order valence-corrected chi connectivity index (χ4v) is 3.91. The van der Waals surface area contributed by atoms with Gasteiger partial charge in [-0.3, -0.25) is 4.79 Å². The van der Waals surface area contributed by atoms with Crippen molar-refractivity contribution in [2.75, 3.05) is 12.4 Å². The highest BCUT2D eigenvalue weighted by molar-refractivity contribution is 6.18. The van der Waals surface area contributed by atoms with E-state index in [-0.39, 0.29) is 24.8 Å². The van der Waals surface area contributed by atoms with Gasteiger partial charge in [-0.1, -0.05) is 19.3 Å². The molecule has 0 aliphatic heterocycles. The van der Waals surface area contributed by atoms with Gasteiger partial charge in [0.2, 0.25) is 5.91 Å². The molecule has 0 N–H and O–H groups in total. The van der Waals surface area contributed by atoms with E-state index in [0.29, 0.717) is 25.3 Å². The minimum atomic E-state index is -4.18. The summed E-state index contributed by atoms with van der Waals surface area (Å²) >= 11 is 5.79. The molecule has 2 rings (SSSR count). The van der Waals surface area contributed by atoms with Crippen LogP contribution < -0.4 is 0 Å². The van der Waals surface area contributed by atoms with Crippen LogP contribution in [0.2, 0.25) is 0 Å². The van der Waals surface area contributed by atoms with E-state index in [1.807, 2.05) is 0 Å². The third-order valence-electron chi connectivity index (χ3n) is 4.86. The number of hydrogen-bond donors (Lipinski definition) is 0. The molecule has 2 fully saturated rings. The summed E-state index contributed by atoms with van der Waals surface area (Å²) in [6, 6.07) is 0.183. The van der Waals surface area contributed by atoms with Crippen LogP contribution in [0.4, 0.5) is 13.2 Å². The van der Waals surface area contributed by atoms with Crippen molar-refractivity contribution in [2.45, 2.75) is 63.6 Å². The lowest BCUT2D eigenvalue weighted by Crippen LogP contribution is -2.45. The Labute approximate surface area is 129 Å². The summed E-state index contributed by atoms with van der Waals surface area (Å²) in [5.41, 5.74) is 0. The molecule has 2 aliphatic carbocycles. The molecular weight excluding hydrogens is 303 g/mol. The highest BCUT2D eigenvalue weighted by atomic mass is 35.5. The van der Waals surface area contributed by atoms with Crippen LogP contribution in [0.25, 0.3) is 0 Å². The Bertz CT molecular complexity index is 355. The Kier molecular flexibility index (Phi) is 5.81. The lowest BCUT2D eigenvalue weighted by molar-refractivity contribution is -0.187. The van der Waals surface area contributed by atoms with Gasteiger partial charge < -0.3 is 4.90 Å². The zero-order valence-electron chi connectivity index (χ0n) is 12.2. The van der Waals surface area contributed by atoms with Gasteiger partial charge in [-0.25, -0.2) is 0 Å². The van der Waals surface area contributed by atoms with Gasteiger partial charge in [-0.15, -0.1) is 11.6 Å². The number of carbonyl (C=O) groups excluding carboxylic acids is 1. The molecule has 0 aromatic heterocycles. The summed E-state index contributed by atoms with van der Waals surface area (Å²) in [5.74, 6) is -1.55. The highest BCUT2D eigenvalue weighted by Crippen LogP contribution is 2.41. The molecule has 2 nitrogen and oxygen atoms in total. The molecule has 2 aliphatic rings. The Morgan fingerprint density at radius 3 is 2.33 bits per heavy atom. The van der Waals surface area contributed by atoms with E-state index >= 15 is 0 Å². The maximum absolute atomic E-state index is 12.9. The predicted octanol–water partition coefficient (Wildman–Crippen LogP) is 4.37. The van der Waals surface area contributed by atoms with Crippen LogP contribution in [-0.2, 0) is 4.79 Å². The Balaban J connectivity index is 2.02. The number of rotatable bonds is 4.